The van der Waals surface area contributed by atoms with Gasteiger partial charge in [0, 0.05) is 57.9 Å². The Bertz CT molecular complexity index is 741. The number of piperidine rings is 1. The van der Waals surface area contributed by atoms with Gasteiger partial charge in [0.15, 0.2) is 0 Å². The molecule has 0 N–H and O–H groups in total. The Labute approximate surface area is 142 Å². The van der Waals surface area contributed by atoms with Gasteiger partial charge >= 0.3 is 0 Å². The minimum atomic E-state index is 0.120. The number of hydrogen-bond acceptors (Lipinski definition) is 4. The molecular formula is C18H23N5O. The number of hydrogen-bond donors (Lipinski definition) is 0. The van der Waals surface area contributed by atoms with E-state index >= 15 is 0 Å². The molecule has 0 unspecified atom stereocenters. The average Bonchev–Trinajstić information content (AvgIpc) is 2.91. The molecule has 2 aliphatic rings. The van der Waals surface area contributed by atoms with Crippen LogP contribution in [-0.4, -0.2) is 56.1 Å². The molecule has 6 heteroatoms. The van der Waals surface area contributed by atoms with Gasteiger partial charge in [0.1, 0.15) is 0 Å². The van der Waals surface area contributed by atoms with Crippen LogP contribution in [0.25, 0.3) is 0 Å². The van der Waals surface area contributed by atoms with Gasteiger partial charge in [-0.15, -0.1) is 0 Å². The van der Waals surface area contributed by atoms with Gasteiger partial charge < -0.3 is 4.90 Å². The van der Waals surface area contributed by atoms with Crippen LogP contribution < -0.4 is 0 Å². The minimum absolute atomic E-state index is 0.120. The van der Waals surface area contributed by atoms with Crippen LogP contribution in [-0.2, 0) is 13.6 Å². The molecule has 0 saturated carbocycles. The van der Waals surface area contributed by atoms with Gasteiger partial charge in [0.25, 0.3) is 5.91 Å². The fourth-order valence-corrected chi connectivity index (χ4v) is 3.97. The minimum Gasteiger partial charge on any atom is -0.337 e. The molecule has 1 amide bonds. The zero-order chi connectivity index (χ0) is 16.7. The van der Waals surface area contributed by atoms with Crippen LogP contribution in [0, 0.1) is 12.8 Å². The van der Waals surface area contributed by atoms with Crippen molar-refractivity contribution < 1.29 is 4.79 Å². The molecule has 0 aromatic carbocycles. The third-order valence-corrected chi connectivity index (χ3v) is 5.33. The second kappa shape index (κ2) is 6.02. The summed E-state index contributed by atoms with van der Waals surface area (Å²) in [4.78, 5) is 21.4. The summed E-state index contributed by atoms with van der Waals surface area (Å²) in [6.45, 7) is 5.66. The van der Waals surface area contributed by atoms with E-state index in [-0.39, 0.29) is 5.91 Å². The van der Waals surface area contributed by atoms with Gasteiger partial charge in [-0.05, 0) is 37.0 Å². The third kappa shape index (κ3) is 2.71. The van der Waals surface area contributed by atoms with E-state index in [9.17, 15) is 4.79 Å². The van der Waals surface area contributed by atoms with Crippen LogP contribution in [0.4, 0.5) is 0 Å². The van der Waals surface area contributed by atoms with E-state index in [1.807, 2.05) is 37.5 Å². The first-order valence-corrected chi connectivity index (χ1v) is 8.54. The maximum Gasteiger partial charge on any atom is 0.257 e. The lowest BCUT2D eigenvalue weighted by atomic mass is 9.82. The lowest BCUT2D eigenvalue weighted by molar-refractivity contribution is -0.0427. The molecule has 2 atom stereocenters. The largest absolute Gasteiger partial charge is 0.337 e. The van der Waals surface area contributed by atoms with Gasteiger partial charge in [-0.25, -0.2) is 0 Å². The molecule has 126 valence electrons. The Kier molecular flexibility index (Phi) is 3.84. The molecule has 4 rings (SSSR count). The molecule has 2 aromatic rings. The topological polar surface area (TPSA) is 54.3 Å². The molecule has 0 aliphatic carbocycles. The van der Waals surface area contributed by atoms with E-state index in [1.54, 1.807) is 4.68 Å². The summed E-state index contributed by atoms with van der Waals surface area (Å²) in [6, 6.07) is 4.61. The molecule has 24 heavy (non-hydrogen) atoms. The van der Waals surface area contributed by atoms with E-state index < -0.39 is 0 Å². The van der Waals surface area contributed by atoms with Gasteiger partial charge in [0.2, 0.25) is 0 Å². The summed E-state index contributed by atoms with van der Waals surface area (Å²) in [5.41, 5.74) is 2.83. The first-order valence-electron chi connectivity index (χ1n) is 8.54. The summed E-state index contributed by atoms with van der Waals surface area (Å²) in [7, 11) is 1.86. The summed E-state index contributed by atoms with van der Waals surface area (Å²) < 4.78 is 1.72. The number of carbonyl (C=O) groups is 1. The summed E-state index contributed by atoms with van der Waals surface area (Å²) in [6.07, 6.45) is 6.62. The van der Waals surface area contributed by atoms with Crippen molar-refractivity contribution in [2.45, 2.75) is 25.9 Å². The molecule has 2 saturated heterocycles. The van der Waals surface area contributed by atoms with Crippen molar-refractivity contribution in [3.8, 4) is 0 Å². The Morgan fingerprint density at radius 2 is 2.08 bits per heavy atom. The third-order valence-electron chi connectivity index (χ3n) is 5.33. The van der Waals surface area contributed by atoms with Crippen LogP contribution >= 0.6 is 0 Å². The first-order chi connectivity index (χ1) is 11.6. The maximum absolute atomic E-state index is 12.8. The second-order valence-electron chi connectivity index (χ2n) is 6.95. The van der Waals surface area contributed by atoms with Crippen LogP contribution in [0.3, 0.4) is 0 Å². The SMILES string of the molecule is Cc1nn(C)cc1C(=O)N1CC[C@@H]2CN(Cc3ccncc3)[C@@H]2C1. The second-order valence-corrected chi connectivity index (χ2v) is 6.95. The molecule has 2 aliphatic heterocycles. The number of aromatic nitrogens is 3. The van der Waals surface area contributed by atoms with Crippen molar-refractivity contribution in [3.63, 3.8) is 0 Å². The number of carbonyl (C=O) groups excluding carboxylic acids is 1. The summed E-state index contributed by atoms with van der Waals surface area (Å²) >= 11 is 0. The fraction of sp³-hybridized carbons (Fsp3) is 0.500. The predicted octanol–water partition coefficient (Wildman–Crippen LogP) is 1.47. The number of nitrogens with zero attached hydrogens (tertiary/aromatic N) is 5. The lowest BCUT2D eigenvalue weighted by Gasteiger charge is -2.53. The Hall–Kier alpha value is -2.21. The normalized spacial score (nSPS) is 23.7. The van der Waals surface area contributed by atoms with Crippen molar-refractivity contribution in [2.24, 2.45) is 13.0 Å². The van der Waals surface area contributed by atoms with E-state index in [0.717, 1.165) is 49.8 Å². The zero-order valence-corrected chi connectivity index (χ0v) is 14.2. The Morgan fingerprint density at radius 1 is 1.29 bits per heavy atom. The van der Waals surface area contributed by atoms with E-state index in [4.69, 9.17) is 0 Å². The zero-order valence-electron chi connectivity index (χ0n) is 14.2. The van der Waals surface area contributed by atoms with Crippen molar-refractivity contribution in [3.05, 3.63) is 47.5 Å². The van der Waals surface area contributed by atoms with Gasteiger partial charge in [-0.2, -0.15) is 5.10 Å². The molecule has 4 heterocycles. The maximum atomic E-state index is 12.8. The van der Waals surface area contributed by atoms with Crippen molar-refractivity contribution in [1.82, 2.24) is 24.6 Å². The number of aryl methyl sites for hydroxylation is 2. The highest BCUT2D eigenvalue weighted by molar-refractivity contribution is 5.95. The molecule has 2 aromatic heterocycles. The number of likely N-dealkylation sites (tertiary alicyclic amines) is 2. The van der Waals surface area contributed by atoms with E-state index in [1.165, 1.54) is 5.56 Å². The highest BCUT2D eigenvalue weighted by Crippen LogP contribution is 2.34. The van der Waals surface area contributed by atoms with Crippen LogP contribution in [0.5, 0.6) is 0 Å². The smallest absolute Gasteiger partial charge is 0.257 e. The van der Waals surface area contributed by atoms with Crippen molar-refractivity contribution >= 4 is 5.91 Å². The quantitative estimate of drug-likeness (QED) is 0.857. The molecule has 0 radical (unpaired) electrons. The summed E-state index contributed by atoms with van der Waals surface area (Å²) in [5.74, 6) is 0.848. The number of amides is 1. The molecular weight excluding hydrogens is 302 g/mol. The average molecular weight is 325 g/mol. The van der Waals surface area contributed by atoms with Crippen molar-refractivity contribution in [1.29, 1.82) is 0 Å². The standard InChI is InChI=1S/C18H23N5O/c1-13-16(11-21(2)20-13)18(24)22-8-5-15-10-23(17(15)12-22)9-14-3-6-19-7-4-14/h3-4,6-7,11,15,17H,5,8-10,12H2,1-2H3/t15-,17-/m1/s1. The number of fused-ring (bicyclic) bond motifs is 1. The van der Waals surface area contributed by atoms with E-state index in [2.05, 4.69) is 27.1 Å². The Morgan fingerprint density at radius 3 is 2.79 bits per heavy atom. The van der Waals surface area contributed by atoms with Gasteiger partial charge in [0.05, 0.1) is 11.3 Å². The van der Waals surface area contributed by atoms with Crippen LogP contribution in [0.15, 0.2) is 30.7 Å². The van der Waals surface area contributed by atoms with Crippen LogP contribution in [0.2, 0.25) is 0 Å². The van der Waals surface area contributed by atoms with Crippen LogP contribution in [0.1, 0.15) is 28.0 Å². The van der Waals surface area contributed by atoms with Gasteiger partial charge in [-0.1, -0.05) is 0 Å². The highest BCUT2D eigenvalue weighted by Gasteiger charge is 2.43. The molecule has 0 bridgehead atoms. The lowest BCUT2D eigenvalue weighted by Crippen LogP contribution is -2.64. The molecule has 0 spiro atoms. The summed E-state index contributed by atoms with van der Waals surface area (Å²) in [5, 5.41) is 4.30. The molecule has 6 nitrogen and oxygen atoms in total. The van der Waals surface area contributed by atoms with Crippen molar-refractivity contribution in [2.75, 3.05) is 19.6 Å². The number of pyridine rings is 1. The van der Waals surface area contributed by atoms with E-state index in [0.29, 0.717) is 6.04 Å². The molecule has 2 fully saturated rings. The Balaban J connectivity index is 1.43. The van der Waals surface area contributed by atoms with Gasteiger partial charge in [-0.3, -0.25) is 19.4 Å². The highest BCUT2D eigenvalue weighted by atomic mass is 16.2. The fourth-order valence-electron chi connectivity index (χ4n) is 3.97. The number of rotatable bonds is 3. The monoisotopic (exact) mass is 325 g/mol. The predicted molar refractivity (Wildman–Crippen MR) is 90.4 cm³/mol. The first kappa shape index (κ1) is 15.3.